The summed E-state index contributed by atoms with van der Waals surface area (Å²) in [4.78, 5) is 18.3. The average molecular weight is 426 g/mol. The van der Waals surface area contributed by atoms with Crippen LogP contribution in [0.1, 0.15) is 0 Å². The molecule has 0 aliphatic carbocycles. The van der Waals surface area contributed by atoms with Crippen LogP contribution in [0.3, 0.4) is 0 Å². The van der Waals surface area contributed by atoms with Crippen LogP contribution in [0.25, 0.3) is 33.1 Å². The fraction of sp³-hybridized carbons (Fsp3) is 0.190. The van der Waals surface area contributed by atoms with Crippen LogP contribution in [-0.4, -0.2) is 48.9 Å². The average Bonchev–Trinajstić information content (AvgIpc) is 3.09. The van der Waals surface area contributed by atoms with Crippen molar-refractivity contribution in [2.24, 2.45) is 0 Å². The molecular weight excluding hydrogens is 407 g/mol. The van der Waals surface area contributed by atoms with E-state index in [-0.39, 0.29) is 21.5 Å². The summed E-state index contributed by atoms with van der Waals surface area (Å²) in [5.74, 6) is -0.586. The fourth-order valence-electron chi connectivity index (χ4n) is 3.86. The lowest BCUT2D eigenvalue weighted by atomic mass is 10.1. The van der Waals surface area contributed by atoms with Gasteiger partial charge in [0.05, 0.1) is 21.7 Å². The topological polar surface area (TPSA) is 98.1 Å². The molecule has 3 heterocycles. The lowest BCUT2D eigenvalue weighted by Gasteiger charge is -2.26. The van der Waals surface area contributed by atoms with E-state index in [4.69, 9.17) is 0 Å². The van der Waals surface area contributed by atoms with Gasteiger partial charge >= 0.3 is 0 Å². The molecule has 1 aliphatic heterocycles. The largest absolute Gasteiger partial charge is 0.352 e. The van der Waals surface area contributed by atoms with Gasteiger partial charge in [0.15, 0.2) is 5.82 Å². The van der Waals surface area contributed by atoms with E-state index in [1.807, 2.05) is 18.2 Å². The van der Waals surface area contributed by atoms with Gasteiger partial charge in [0.1, 0.15) is 0 Å². The molecule has 7 nitrogen and oxygen atoms in total. The van der Waals surface area contributed by atoms with Crippen LogP contribution < -0.4 is 10.9 Å². The van der Waals surface area contributed by atoms with Crippen LogP contribution in [0, 0.1) is 5.82 Å². The third-order valence-electron chi connectivity index (χ3n) is 5.44. The van der Waals surface area contributed by atoms with Gasteiger partial charge in [-0.3, -0.25) is 4.79 Å². The number of piperazine rings is 1. The summed E-state index contributed by atoms with van der Waals surface area (Å²) in [5, 5.41) is 4.12. The van der Waals surface area contributed by atoms with Crippen LogP contribution in [0.2, 0.25) is 0 Å². The minimum atomic E-state index is -3.68. The van der Waals surface area contributed by atoms with Gasteiger partial charge in [0.2, 0.25) is 10.0 Å². The molecule has 0 spiro atoms. The minimum absolute atomic E-state index is 0.0359. The summed E-state index contributed by atoms with van der Waals surface area (Å²) < 4.78 is 42.4. The van der Waals surface area contributed by atoms with Crippen molar-refractivity contribution in [1.82, 2.24) is 19.6 Å². The van der Waals surface area contributed by atoms with Crippen LogP contribution >= 0.6 is 0 Å². The van der Waals surface area contributed by atoms with Gasteiger partial charge < -0.3 is 15.3 Å². The Kier molecular flexibility index (Phi) is 4.46. The maximum absolute atomic E-state index is 15.1. The first kappa shape index (κ1) is 19.0. The van der Waals surface area contributed by atoms with E-state index in [0.717, 1.165) is 5.39 Å². The Hall–Kier alpha value is -3.01. The Morgan fingerprint density at radius 2 is 1.70 bits per heavy atom. The van der Waals surface area contributed by atoms with E-state index in [0.29, 0.717) is 37.2 Å². The number of halogens is 1. The Balaban J connectivity index is 1.63. The molecule has 0 saturated carbocycles. The number of sulfonamides is 1. The SMILES string of the molecule is O=c1[nH]c2ccccc2cc1-c1[nH]c2cc(S(=O)(=O)N3CCNCC3)ccc2c1F. The Morgan fingerprint density at radius 1 is 0.933 bits per heavy atom. The molecular formula is C21H19FN4O3S. The number of pyridine rings is 1. The Bertz CT molecular complexity index is 1440. The van der Waals surface area contributed by atoms with Gasteiger partial charge in [-0.2, -0.15) is 4.31 Å². The summed E-state index contributed by atoms with van der Waals surface area (Å²) in [6.45, 7) is 1.95. The highest BCUT2D eigenvalue weighted by Gasteiger charge is 2.27. The maximum Gasteiger partial charge on any atom is 0.257 e. The van der Waals surface area contributed by atoms with Crippen molar-refractivity contribution in [3.05, 3.63) is 64.7 Å². The van der Waals surface area contributed by atoms with Crippen molar-refractivity contribution in [3.63, 3.8) is 0 Å². The van der Waals surface area contributed by atoms with E-state index in [1.54, 1.807) is 12.1 Å². The molecule has 0 radical (unpaired) electrons. The first-order valence-electron chi connectivity index (χ1n) is 9.60. The van der Waals surface area contributed by atoms with E-state index in [9.17, 15) is 13.2 Å². The standard InChI is InChI=1S/C21H19FN4O3S/c22-19-15-6-5-14(30(28,29)26-9-7-23-8-10-26)12-18(15)24-20(19)16-11-13-3-1-2-4-17(13)25-21(16)27/h1-6,11-12,23-24H,7-10H2,(H,25,27). The second-order valence-corrected chi connectivity index (χ2v) is 9.21. The van der Waals surface area contributed by atoms with E-state index in [1.165, 1.54) is 22.5 Å². The zero-order valence-corrected chi connectivity index (χ0v) is 16.7. The number of nitrogens with one attached hydrogen (secondary N) is 3. The second kappa shape index (κ2) is 7.05. The number of hydrogen-bond acceptors (Lipinski definition) is 4. The predicted molar refractivity (Wildman–Crippen MR) is 113 cm³/mol. The minimum Gasteiger partial charge on any atom is -0.352 e. The van der Waals surface area contributed by atoms with Crippen LogP contribution in [-0.2, 0) is 10.0 Å². The molecule has 1 aliphatic rings. The van der Waals surface area contributed by atoms with Gasteiger partial charge in [-0.1, -0.05) is 18.2 Å². The highest BCUT2D eigenvalue weighted by atomic mass is 32.2. The summed E-state index contributed by atoms with van der Waals surface area (Å²) >= 11 is 0. The quantitative estimate of drug-likeness (QED) is 0.469. The van der Waals surface area contributed by atoms with E-state index in [2.05, 4.69) is 15.3 Å². The summed E-state index contributed by atoms with van der Waals surface area (Å²) in [5.41, 5.74) is 0.758. The molecule has 30 heavy (non-hydrogen) atoms. The molecule has 3 N–H and O–H groups in total. The second-order valence-electron chi connectivity index (χ2n) is 7.27. The van der Waals surface area contributed by atoms with Crippen molar-refractivity contribution < 1.29 is 12.8 Å². The number of fused-ring (bicyclic) bond motifs is 2. The lowest BCUT2D eigenvalue weighted by molar-refractivity contribution is 0.360. The Morgan fingerprint density at radius 3 is 2.50 bits per heavy atom. The zero-order chi connectivity index (χ0) is 20.9. The summed E-state index contributed by atoms with van der Waals surface area (Å²) in [7, 11) is -3.68. The third-order valence-corrected chi connectivity index (χ3v) is 7.34. The van der Waals surface area contributed by atoms with Gasteiger partial charge in [-0.15, -0.1) is 0 Å². The number of para-hydroxylation sites is 1. The molecule has 9 heteroatoms. The fourth-order valence-corrected chi connectivity index (χ4v) is 5.32. The monoisotopic (exact) mass is 426 g/mol. The number of hydrogen-bond donors (Lipinski definition) is 3. The number of nitrogens with zero attached hydrogens (tertiary/aromatic N) is 1. The smallest absolute Gasteiger partial charge is 0.257 e. The van der Waals surface area contributed by atoms with Crippen LogP contribution in [0.5, 0.6) is 0 Å². The third kappa shape index (κ3) is 3.02. The lowest BCUT2D eigenvalue weighted by Crippen LogP contribution is -2.46. The summed E-state index contributed by atoms with van der Waals surface area (Å²) in [6, 6.07) is 13.1. The number of rotatable bonds is 3. The molecule has 0 bridgehead atoms. The Labute approximate surface area is 171 Å². The van der Waals surface area contributed by atoms with Gasteiger partial charge in [-0.05, 0) is 35.7 Å². The van der Waals surface area contributed by atoms with Gasteiger partial charge in [0.25, 0.3) is 5.56 Å². The molecule has 1 saturated heterocycles. The van der Waals surface area contributed by atoms with Crippen molar-refractivity contribution in [2.45, 2.75) is 4.90 Å². The molecule has 0 unspecified atom stereocenters. The molecule has 5 rings (SSSR count). The molecule has 1 fully saturated rings. The van der Waals surface area contributed by atoms with Crippen LogP contribution in [0.4, 0.5) is 4.39 Å². The number of aromatic nitrogens is 2. The molecule has 0 amide bonds. The highest BCUT2D eigenvalue weighted by Crippen LogP contribution is 2.30. The predicted octanol–water partition coefficient (Wildman–Crippen LogP) is 2.41. The number of benzene rings is 2. The van der Waals surface area contributed by atoms with E-state index >= 15 is 4.39 Å². The maximum atomic E-state index is 15.1. The van der Waals surface area contributed by atoms with E-state index < -0.39 is 21.4 Å². The van der Waals surface area contributed by atoms with Crippen molar-refractivity contribution in [3.8, 4) is 11.3 Å². The van der Waals surface area contributed by atoms with Crippen molar-refractivity contribution >= 4 is 31.8 Å². The normalized spacial score (nSPS) is 15.8. The zero-order valence-electron chi connectivity index (χ0n) is 15.9. The molecule has 4 aromatic rings. The number of H-pyrrole nitrogens is 2. The van der Waals surface area contributed by atoms with Gasteiger partial charge in [-0.25, -0.2) is 12.8 Å². The van der Waals surface area contributed by atoms with Crippen LogP contribution in [0.15, 0.2) is 58.2 Å². The first-order chi connectivity index (χ1) is 14.4. The molecule has 2 aromatic heterocycles. The molecule has 154 valence electrons. The van der Waals surface area contributed by atoms with Crippen molar-refractivity contribution in [2.75, 3.05) is 26.2 Å². The number of aromatic amines is 2. The molecule has 2 aromatic carbocycles. The van der Waals surface area contributed by atoms with Gasteiger partial charge in [0, 0.05) is 37.1 Å². The first-order valence-corrected chi connectivity index (χ1v) is 11.0. The highest BCUT2D eigenvalue weighted by molar-refractivity contribution is 7.89. The summed E-state index contributed by atoms with van der Waals surface area (Å²) in [6.07, 6.45) is 0. The molecule has 0 atom stereocenters. The van der Waals surface area contributed by atoms with Crippen molar-refractivity contribution in [1.29, 1.82) is 0 Å².